The third-order valence-electron chi connectivity index (χ3n) is 4.18. The van der Waals surface area contributed by atoms with Gasteiger partial charge in [-0.25, -0.2) is 0 Å². The van der Waals surface area contributed by atoms with E-state index < -0.39 is 0 Å². The van der Waals surface area contributed by atoms with E-state index in [0.29, 0.717) is 11.7 Å². The second-order valence-electron chi connectivity index (χ2n) is 6.00. The zero-order chi connectivity index (χ0) is 19.1. The van der Waals surface area contributed by atoms with Crippen LogP contribution in [-0.4, -0.2) is 18.8 Å². The Morgan fingerprint density at radius 3 is 2.52 bits per heavy atom. The van der Waals surface area contributed by atoms with E-state index in [0.717, 1.165) is 39.0 Å². The fraction of sp³-hybridized carbons (Fsp3) is 0.136. The van der Waals surface area contributed by atoms with Crippen LogP contribution in [0.1, 0.15) is 5.56 Å². The topological polar surface area (TPSA) is 33.3 Å². The van der Waals surface area contributed by atoms with Crippen molar-refractivity contribution in [1.29, 1.82) is 0 Å². The predicted molar refractivity (Wildman–Crippen MR) is 120 cm³/mol. The monoisotopic (exact) mass is 440 g/mol. The first-order chi connectivity index (χ1) is 13.2. The summed E-state index contributed by atoms with van der Waals surface area (Å²) in [5.41, 5.74) is 4.39. The number of ether oxygens (including phenoxy) is 1. The molecule has 0 heterocycles. The molecule has 5 heteroatoms. The Bertz CT molecular complexity index is 915. The van der Waals surface area contributed by atoms with Crippen LogP contribution in [0.4, 0.5) is 5.69 Å². The van der Waals surface area contributed by atoms with Crippen molar-refractivity contribution in [2.24, 2.45) is 0 Å². The van der Waals surface area contributed by atoms with Crippen molar-refractivity contribution in [1.82, 2.24) is 5.32 Å². The normalized spacial score (nSPS) is 10.3. The number of hydrogen-bond acceptors (Lipinski definition) is 2. The van der Waals surface area contributed by atoms with E-state index in [9.17, 15) is 0 Å². The minimum atomic E-state index is 0.604. The van der Waals surface area contributed by atoms with Gasteiger partial charge in [-0.05, 0) is 54.0 Å². The molecule has 27 heavy (non-hydrogen) atoms. The highest BCUT2D eigenvalue weighted by Gasteiger charge is 2.07. The summed E-state index contributed by atoms with van der Waals surface area (Å²) in [5, 5.41) is 7.20. The summed E-state index contributed by atoms with van der Waals surface area (Å²) in [7, 11) is 1.69. The highest BCUT2D eigenvalue weighted by molar-refractivity contribution is 9.10. The summed E-state index contributed by atoms with van der Waals surface area (Å²) >= 11 is 8.99. The molecule has 0 radical (unpaired) electrons. The van der Waals surface area contributed by atoms with Gasteiger partial charge in [0.2, 0.25) is 0 Å². The number of para-hydroxylation sites is 1. The molecular formula is C22H21BrN2OS. The molecular weight excluding hydrogens is 420 g/mol. The zero-order valence-electron chi connectivity index (χ0n) is 15.0. The molecule has 0 spiro atoms. The second-order valence-corrected chi connectivity index (χ2v) is 7.32. The largest absolute Gasteiger partial charge is 0.496 e. The van der Waals surface area contributed by atoms with E-state index >= 15 is 0 Å². The molecule has 0 aromatic heterocycles. The van der Waals surface area contributed by atoms with E-state index in [-0.39, 0.29) is 0 Å². The van der Waals surface area contributed by atoms with E-state index in [2.05, 4.69) is 50.8 Å². The van der Waals surface area contributed by atoms with Crippen LogP contribution < -0.4 is 15.4 Å². The van der Waals surface area contributed by atoms with E-state index in [1.807, 2.05) is 48.5 Å². The summed E-state index contributed by atoms with van der Waals surface area (Å²) < 4.78 is 6.46. The summed E-state index contributed by atoms with van der Waals surface area (Å²) in [5.74, 6) is 0.883. The average Bonchev–Trinajstić information content (AvgIpc) is 2.69. The number of halogens is 1. The highest BCUT2D eigenvalue weighted by Crippen LogP contribution is 2.27. The van der Waals surface area contributed by atoms with Crippen molar-refractivity contribution in [2.45, 2.75) is 6.42 Å². The molecule has 2 N–H and O–H groups in total. The van der Waals surface area contributed by atoms with Crippen LogP contribution >= 0.6 is 28.1 Å². The van der Waals surface area contributed by atoms with Crippen molar-refractivity contribution in [3.05, 3.63) is 82.8 Å². The van der Waals surface area contributed by atoms with E-state index in [4.69, 9.17) is 17.0 Å². The predicted octanol–water partition coefficient (Wildman–Crippen LogP) is 5.65. The lowest BCUT2D eigenvalue weighted by Crippen LogP contribution is -2.30. The smallest absolute Gasteiger partial charge is 0.170 e. The lowest BCUT2D eigenvalue weighted by molar-refractivity contribution is 0.409. The minimum Gasteiger partial charge on any atom is -0.496 e. The molecule has 0 fully saturated rings. The number of benzene rings is 3. The molecule has 3 aromatic rings. The van der Waals surface area contributed by atoms with Crippen molar-refractivity contribution in [3.63, 3.8) is 0 Å². The van der Waals surface area contributed by atoms with Gasteiger partial charge in [0.05, 0.1) is 7.11 Å². The highest BCUT2D eigenvalue weighted by atomic mass is 79.9. The van der Waals surface area contributed by atoms with Crippen LogP contribution in [0.2, 0.25) is 0 Å². The molecule has 0 bridgehead atoms. The standard InChI is InChI=1S/C22H21BrN2OS/c1-26-21-12-11-18(23)15-17(21)13-14-24-22(27)25-20-10-6-5-9-19(20)16-7-3-2-4-8-16/h2-12,15H,13-14H2,1H3,(H2,24,25,27). The number of anilines is 1. The molecule has 3 nitrogen and oxygen atoms in total. The summed E-state index contributed by atoms with van der Waals surface area (Å²) in [6.45, 7) is 0.714. The lowest BCUT2D eigenvalue weighted by atomic mass is 10.0. The van der Waals surface area contributed by atoms with Gasteiger partial charge in [-0.3, -0.25) is 0 Å². The van der Waals surface area contributed by atoms with Gasteiger partial charge >= 0.3 is 0 Å². The van der Waals surface area contributed by atoms with Gasteiger partial charge in [0.1, 0.15) is 5.75 Å². The van der Waals surface area contributed by atoms with Gasteiger partial charge in [-0.15, -0.1) is 0 Å². The van der Waals surface area contributed by atoms with Crippen LogP contribution in [-0.2, 0) is 6.42 Å². The molecule has 0 aliphatic heterocycles. The molecule has 0 saturated carbocycles. The van der Waals surface area contributed by atoms with Crippen molar-refractivity contribution < 1.29 is 4.74 Å². The Morgan fingerprint density at radius 1 is 1.00 bits per heavy atom. The van der Waals surface area contributed by atoms with Gasteiger partial charge < -0.3 is 15.4 Å². The van der Waals surface area contributed by atoms with E-state index in [1.165, 1.54) is 0 Å². The molecule has 3 rings (SSSR count). The SMILES string of the molecule is COc1ccc(Br)cc1CCNC(=S)Nc1ccccc1-c1ccccc1. The minimum absolute atomic E-state index is 0.604. The maximum Gasteiger partial charge on any atom is 0.170 e. The lowest BCUT2D eigenvalue weighted by Gasteiger charge is -2.15. The number of nitrogens with one attached hydrogen (secondary N) is 2. The Labute approximate surface area is 173 Å². The van der Waals surface area contributed by atoms with Gasteiger partial charge in [-0.1, -0.05) is 64.5 Å². The Hall–Kier alpha value is -2.37. The molecule has 0 saturated heterocycles. The van der Waals surface area contributed by atoms with Gasteiger partial charge in [-0.2, -0.15) is 0 Å². The number of hydrogen-bond donors (Lipinski definition) is 2. The number of rotatable bonds is 6. The Balaban J connectivity index is 1.62. The van der Waals surface area contributed by atoms with Crippen molar-refractivity contribution in [2.75, 3.05) is 19.0 Å². The molecule has 138 valence electrons. The third-order valence-corrected chi connectivity index (χ3v) is 4.92. The Morgan fingerprint density at radius 2 is 1.74 bits per heavy atom. The first-order valence-electron chi connectivity index (χ1n) is 8.69. The summed E-state index contributed by atoms with van der Waals surface area (Å²) in [4.78, 5) is 0. The van der Waals surface area contributed by atoms with Crippen LogP contribution in [0.5, 0.6) is 5.75 Å². The molecule has 0 amide bonds. The van der Waals surface area contributed by atoms with Gasteiger partial charge in [0.25, 0.3) is 0 Å². The van der Waals surface area contributed by atoms with Crippen molar-refractivity contribution in [3.8, 4) is 16.9 Å². The van der Waals surface area contributed by atoms with Gasteiger partial charge in [0.15, 0.2) is 5.11 Å². The zero-order valence-corrected chi connectivity index (χ0v) is 17.4. The average molecular weight is 441 g/mol. The fourth-order valence-electron chi connectivity index (χ4n) is 2.88. The first-order valence-corrected chi connectivity index (χ1v) is 9.89. The fourth-order valence-corrected chi connectivity index (χ4v) is 3.50. The second kappa shape index (κ2) is 9.53. The van der Waals surface area contributed by atoms with Crippen LogP contribution in [0.3, 0.4) is 0 Å². The third kappa shape index (κ3) is 5.31. The molecule has 0 atom stereocenters. The van der Waals surface area contributed by atoms with Gasteiger partial charge in [0, 0.05) is 22.3 Å². The van der Waals surface area contributed by atoms with Crippen LogP contribution in [0.15, 0.2) is 77.3 Å². The maximum absolute atomic E-state index is 5.49. The first kappa shape index (κ1) is 19.4. The van der Waals surface area contributed by atoms with Crippen LogP contribution in [0, 0.1) is 0 Å². The molecule has 0 aliphatic rings. The molecule has 0 unspecified atom stereocenters. The van der Waals surface area contributed by atoms with E-state index in [1.54, 1.807) is 7.11 Å². The number of thiocarbonyl (C=S) groups is 1. The Kier molecular flexibility index (Phi) is 6.85. The summed E-state index contributed by atoms with van der Waals surface area (Å²) in [6, 6.07) is 24.4. The molecule has 0 aliphatic carbocycles. The van der Waals surface area contributed by atoms with Crippen molar-refractivity contribution >= 4 is 38.9 Å². The van der Waals surface area contributed by atoms with Crippen LogP contribution in [0.25, 0.3) is 11.1 Å². The quantitative estimate of drug-likeness (QED) is 0.484. The maximum atomic E-state index is 5.49. The summed E-state index contributed by atoms with van der Waals surface area (Å²) in [6.07, 6.45) is 0.810. The number of methoxy groups -OCH3 is 1. The molecule has 3 aromatic carbocycles.